The number of aryl methyl sites for hydroxylation is 2. The van der Waals surface area contributed by atoms with Crippen LogP contribution in [-0.2, 0) is 4.79 Å². The van der Waals surface area contributed by atoms with Gasteiger partial charge >= 0.3 is 0 Å². The van der Waals surface area contributed by atoms with Crippen LogP contribution in [0, 0.1) is 13.8 Å². The van der Waals surface area contributed by atoms with Crippen LogP contribution in [0.25, 0.3) is 6.08 Å². The number of nitrogens with one attached hydrogen (secondary N) is 1. The van der Waals surface area contributed by atoms with Crippen LogP contribution in [0.5, 0.6) is 11.5 Å². The van der Waals surface area contributed by atoms with Gasteiger partial charge in [0.1, 0.15) is 0 Å². The van der Waals surface area contributed by atoms with Crippen molar-refractivity contribution in [2.75, 3.05) is 6.79 Å². The Balaban J connectivity index is 1.60. The molecule has 2 aliphatic rings. The third-order valence-corrected chi connectivity index (χ3v) is 4.87. The van der Waals surface area contributed by atoms with E-state index in [1.165, 1.54) is 17.3 Å². The molecule has 0 unspecified atom stereocenters. The number of rotatable bonds is 2. The summed E-state index contributed by atoms with van der Waals surface area (Å²) >= 11 is 1.33. The maximum Gasteiger partial charge on any atom is 0.264 e. The van der Waals surface area contributed by atoms with Crippen LogP contribution in [0.1, 0.15) is 16.7 Å². The zero-order valence-electron chi connectivity index (χ0n) is 13.8. The summed E-state index contributed by atoms with van der Waals surface area (Å²) in [6.45, 7) is 4.24. The van der Waals surface area contributed by atoms with Gasteiger partial charge < -0.3 is 14.8 Å². The number of hydrogen-bond donors (Lipinski definition) is 1. The van der Waals surface area contributed by atoms with Crippen molar-refractivity contribution in [1.82, 2.24) is 5.32 Å². The summed E-state index contributed by atoms with van der Waals surface area (Å²) in [7, 11) is 0. The molecular formula is C19H16N2O3S. The van der Waals surface area contributed by atoms with Crippen LogP contribution in [0.4, 0.5) is 5.69 Å². The topological polar surface area (TPSA) is 59.9 Å². The van der Waals surface area contributed by atoms with Gasteiger partial charge in [-0.15, -0.1) is 0 Å². The van der Waals surface area contributed by atoms with Crippen molar-refractivity contribution in [2.24, 2.45) is 4.99 Å². The highest BCUT2D eigenvalue weighted by Crippen LogP contribution is 2.36. The second kappa shape index (κ2) is 6.29. The Labute approximate surface area is 149 Å². The molecule has 2 aliphatic heterocycles. The Hall–Kier alpha value is -2.73. The fourth-order valence-corrected chi connectivity index (χ4v) is 3.41. The SMILES string of the molecule is Cc1ccc(N=C2NC(=O)/C(=C/c3cc4c(cc3C)OCO4)S2)cc1. The largest absolute Gasteiger partial charge is 0.454 e. The normalized spacial score (nSPS) is 18.9. The van der Waals surface area contributed by atoms with Crippen molar-refractivity contribution in [3.8, 4) is 11.5 Å². The lowest BCUT2D eigenvalue weighted by Gasteiger charge is -2.03. The van der Waals surface area contributed by atoms with Crippen molar-refractivity contribution in [2.45, 2.75) is 13.8 Å². The molecule has 25 heavy (non-hydrogen) atoms. The van der Waals surface area contributed by atoms with Gasteiger partial charge in [0.25, 0.3) is 5.91 Å². The van der Waals surface area contributed by atoms with Crippen LogP contribution in [0.2, 0.25) is 0 Å². The van der Waals surface area contributed by atoms with Crippen molar-refractivity contribution in [3.05, 3.63) is 58.0 Å². The Kier molecular flexibility index (Phi) is 3.97. The fourth-order valence-electron chi connectivity index (χ4n) is 2.57. The third-order valence-electron chi connectivity index (χ3n) is 3.96. The predicted octanol–water partition coefficient (Wildman–Crippen LogP) is 3.92. The van der Waals surface area contributed by atoms with Crippen LogP contribution in [0.15, 0.2) is 46.3 Å². The minimum absolute atomic E-state index is 0.145. The molecule has 1 fully saturated rings. The number of thioether (sulfide) groups is 1. The standard InChI is InChI=1S/C19H16N2O3S/c1-11-3-5-14(6-4-11)20-19-21-18(22)17(25-19)9-13-8-16-15(7-12(13)2)23-10-24-16/h3-9H,10H2,1-2H3,(H,20,21,22)/b17-9-. The number of fused-ring (bicyclic) bond motifs is 1. The van der Waals surface area contributed by atoms with Crippen molar-refractivity contribution >= 4 is 34.6 Å². The molecule has 1 amide bonds. The molecule has 0 radical (unpaired) electrons. The van der Waals surface area contributed by atoms with E-state index in [-0.39, 0.29) is 12.7 Å². The van der Waals surface area contributed by atoms with Gasteiger partial charge in [0.15, 0.2) is 16.7 Å². The lowest BCUT2D eigenvalue weighted by molar-refractivity contribution is -0.115. The third kappa shape index (κ3) is 3.25. The van der Waals surface area contributed by atoms with Crippen LogP contribution in [0.3, 0.4) is 0 Å². The molecule has 0 bridgehead atoms. The van der Waals surface area contributed by atoms with Gasteiger partial charge in [0.05, 0.1) is 10.6 Å². The number of amidine groups is 1. The summed E-state index contributed by atoms with van der Waals surface area (Å²) in [5.74, 6) is 1.30. The maximum atomic E-state index is 12.2. The van der Waals surface area contributed by atoms with Gasteiger partial charge in [-0.1, -0.05) is 17.7 Å². The van der Waals surface area contributed by atoms with E-state index in [9.17, 15) is 4.79 Å². The zero-order valence-corrected chi connectivity index (χ0v) is 14.6. The molecule has 0 spiro atoms. The number of ether oxygens (including phenoxy) is 2. The van der Waals surface area contributed by atoms with Gasteiger partial charge in [-0.25, -0.2) is 4.99 Å². The molecule has 2 heterocycles. The van der Waals surface area contributed by atoms with Gasteiger partial charge in [-0.2, -0.15) is 0 Å². The average molecular weight is 352 g/mol. The zero-order chi connectivity index (χ0) is 17.4. The van der Waals surface area contributed by atoms with Gasteiger partial charge in [-0.3, -0.25) is 4.79 Å². The first-order chi connectivity index (χ1) is 12.1. The average Bonchev–Trinajstić information content (AvgIpc) is 3.16. The molecule has 1 N–H and O–H groups in total. The molecule has 2 aromatic carbocycles. The molecule has 0 saturated carbocycles. The van der Waals surface area contributed by atoms with E-state index in [2.05, 4.69) is 10.3 Å². The molecule has 0 aliphatic carbocycles. The van der Waals surface area contributed by atoms with E-state index in [1.54, 1.807) is 0 Å². The molecule has 4 rings (SSSR count). The Bertz CT molecular complexity index is 917. The first-order valence-electron chi connectivity index (χ1n) is 7.85. The van der Waals surface area contributed by atoms with Crippen molar-refractivity contribution in [3.63, 3.8) is 0 Å². The Morgan fingerprint density at radius 3 is 2.60 bits per heavy atom. The number of aliphatic imine (C=N–C) groups is 1. The lowest BCUT2D eigenvalue weighted by Crippen LogP contribution is -2.19. The quantitative estimate of drug-likeness (QED) is 0.832. The molecule has 1 saturated heterocycles. The summed E-state index contributed by atoms with van der Waals surface area (Å²) in [6.07, 6.45) is 1.86. The van der Waals surface area contributed by atoms with Gasteiger partial charge in [0, 0.05) is 0 Å². The lowest BCUT2D eigenvalue weighted by atomic mass is 10.1. The first-order valence-corrected chi connectivity index (χ1v) is 8.67. The molecule has 6 heteroatoms. The number of nitrogens with zero attached hydrogens (tertiary/aromatic N) is 1. The van der Waals surface area contributed by atoms with Gasteiger partial charge in [-0.05, 0) is 67.1 Å². The Morgan fingerprint density at radius 1 is 1.12 bits per heavy atom. The van der Waals surface area contributed by atoms with Gasteiger partial charge in [0.2, 0.25) is 6.79 Å². The fraction of sp³-hybridized carbons (Fsp3) is 0.158. The Morgan fingerprint density at radius 2 is 1.84 bits per heavy atom. The number of hydrogen-bond acceptors (Lipinski definition) is 5. The second-order valence-electron chi connectivity index (χ2n) is 5.88. The number of carbonyl (C=O) groups excluding carboxylic acids is 1. The minimum atomic E-state index is -0.145. The maximum absolute atomic E-state index is 12.2. The van der Waals surface area contributed by atoms with Crippen LogP contribution >= 0.6 is 11.8 Å². The molecule has 5 nitrogen and oxygen atoms in total. The van der Waals surface area contributed by atoms with E-state index >= 15 is 0 Å². The highest BCUT2D eigenvalue weighted by molar-refractivity contribution is 8.18. The molecule has 2 aromatic rings. The summed E-state index contributed by atoms with van der Waals surface area (Å²) in [4.78, 5) is 17.3. The van der Waals surface area contributed by atoms with Crippen molar-refractivity contribution < 1.29 is 14.3 Å². The number of amides is 1. The van der Waals surface area contributed by atoms with Crippen LogP contribution < -0.4 is 14.8 Å². The van der Waals surface area contributed by atoms with E-state index in [4.69, 9.17) is 9.47 Å². The number of carbonyl (C=O) groups is 1. The first kappa shape index (κ1) is 15.8. The molecule has 0 atom stereocenters. The summed E-state index contributed by atoms with van der Waals surface area (Å²) in [5.41, 5.74) is 3.94. The smallest absolute Gasteiger partial charge is 0.264 e. The van der Waals surface area contributed by atoms with E-state index in [1.807, 2.05) is 56.3 Å². The monoisotopic (exact) mass is 352 g/mol. The highest BCUT2D eigenvalue weighted by Gasteiger charge is 2.24. The minimum Gasteiger partial charge on any atom is -0.454 e. The molecule has 0 aromatic heterocycles. The predicted molar refractivity (Wildman–Crippen MR) is 99.3 cm³/mol. The van der Waals surface area contributed by atoms with Crippen LogP contribution in [-0.4, -0.2) is 17.9 Å². The molecule has 126 valence electrons. The van der Waals surface area contributed by atoms with E-state index in [0.29, 0.717) is 15.8 Å². The second-order valence-corrected chi connectivity index (χ2v) is 6.91. The molecular weight excluding hydrogens is 336 g/mol. The summed E-state index contributed by atoms with van der Waals surface area (Å²) in [6, 6.07) is 11.7. The number of benzene rings is 2. The van der Waals surface area contributed by atoms with Crippen molar-refractivity contribution in [1.29, 1.82) is 0 Å². The van der Waals surface area contributed by atoms with E-state index < -0.39 is 0 Å². The highest BCUT2D eigenvalue weighted by atomic mass is 32.2. The van der Waals surface area contributed by atoms with E-state index in [0.717, 1.165) is 22.6 Å². The summed E-state index contributed by atoms with van der Waals surface area (Å²) < 4.78 is 10.8. The summed E-state index contributed by atoms with van der Waals surface area (Å²) in [5, 5.41) is 3.39.